The molecule has 5 aromatic carbocycles. The van der Waals surface area contributed by atoms with Crippen LogP contribution in [0.3, 0.4) is 0 Å². The Morgan fingerprint density at radius 1 is 0.639 bits per heavy atom. The van der Waals surface area contributed by atoms with E-state index in [2.05, 4.69) is 152 Å². The van der Waals surface area contributed by atoms with Crippen LogP contribution in [0.1, 0.15) is 22.3 Å². The third kappa shape index (κ3) is 4.92. The van der Waals surface area contributed by atoms with Crippen LogP contribution in [0.25, 0.3) is 22.4 Å². The standard InChI is InChI=1S/C35H29N/c1-3-4-13-28-18-11-20-33-32(28)19-12-21-35(33)36(31-24-22-27(2)23-25-31)26-34(29-14-7-5-8-15-29)30-16-9-6-10-17-30/h3-26H,1H2,2H3/b13-4+. The van der Waals surface area contributed by atoms with E-state index in [-0.39, 0.29) is 0 Å². The minimum absolute atomic E-state index is 1.12. The van der Waals surface area contributed by atoms with E-state index < -0.39 is 0 Å². The summed E-state index contributed by atoms with van der Waals surface area (Å²) in [5, 5.41) is 2.40. The van der Waals surface area contributed by atoms with Crippen molar-refractivity contribution in [3.8, 4) is 0 Å². The maximum absolute atomic E-state index is 3.84. The van der Waals surface area contributed by atoms with Crippen molar-refractivity contribution in [2.24, 2.45) is 0 Å². The van der Waals surface area contributed by atoms with E-state index in [0.717, 1.165) is 16.9 Å². The van der Waals surface area contributed by atoms with Crippen molar-refractivity contribution < 1.29 is 0 Å². The summed E-state index contributed by atoms with van der Waals surface area (Å²) in [6.45, 7) is 5.96. The number of fused-ring (bicyclic) bond motifs is 1. The molecule has 5 rings (SSSR count). The lowest BCUT2D eigenvalue weighted by molar-refractivity contribution is 1.28. The normalized spacial score (nSPS) is 10.9. The highest BCUT2D eigenvalue weighted by atomic mass is 15.1. The molecule has 174 valence electrons. The molecule has 0 heterocycles. The number of allylic oxidation sites excluding steroid dienone is 2. The van der Waals surface area contributed by atoms with Crippen molar-refractivity contribution >= 4 is 33.8 Å². The van der Waals surface area contributed by atoms with Crippen LogP contribution in [0.5, 0.6) is 0 Å². The average molecular weight is 464 g/mol. The molecule has 0 fully saturated rings. The zero-order valence-corrected chi connectivity index (χ0v) is 20.5. The molecule has 36 heavy (non-hydrogen) atoms. The Labute approximate surface area is 214 Å². The predicted molar refractivity (Wildman–Crippen MR) is 156 cm³/mol. The number of hydrogen-bond acceptors (Lipinski definition) is 1. The van der Waals surface area contributed by atoms with Crippen molar-refractivity contribution in [2.75, 3.05) is 4.90 Å². The maximum Gasteiger partial charge on any atom is 0.0534 e. The fourth-order valence-electron chi connectivity index (χ4n) is 4.51. The SMILES string of the molecule is C=C/C=C/c1cccc2c(N(C=C(c3ccccc3)c3ccccc3)c3ccc(C)cc3)cccc12. The molecule has 0 radical (unpaired) electrons. The quantitative estimate of drug-likeness (QED) is 0.217. The highest BCUT2D eigenvalue weighted by Gasteiger charge is 2.15. The van der Waals surface area contributed by atoms with Gasteiger partial charge in [-0.15, -0.1) is 0 Å². The molecule has 0 saturated heterocycles. The second-order valence-corrected chi connectivity index (χ2v) is 8.79. The molecule has 0 unspecified atom stereocenters. The summed E-state index contributed by atoms with van der Waals surface area (Å²) >= 11 is 0. The maximum atomic E-state index is 3.84. The predicted octanol–water partition coefficient (Wildman–Crippen LogP) is 9.57. The van der Waals surface area contributed by atoms with E-state index >= 15 is 0 Å². The van der Waals surface area contributed by atoms with Gasteiger partial charge in [0, 0.05) is 22.8 Å². The average Bonchev–Trinajstić information content (AvgIpc) is 2.94. The van der Waals surface area contributed by atoms with Crippen LogP contribution in [0, 0.1) is 6.92 Å². The molecule has 0 aliphatic heterocycles. The Kier molecular flexibility index (Phi) is 6.91. The lowest BCUT2D eigenvalue weighted by atomic mass is 9.98. The summed E-state index contributed by atoms with van der Waals surface area (Å²) < 4.78 is 0. The van der Waals surface area contributed by atoms with Gasteiger partial charge in [0.15, 0.2) is 0 Å². The molecule has 0 atom stereocenters. The Balaban J connectivity index is 1.78. The van der Waals surface area contributed by atoms with Gasteiger partial charge < -0.3 is 4.90 Å². The summed E-state index contributed by atoms with van der Waals surface area (Å²) in [5.41, 5.74) is 8.18. The zero-order valence-electron chi connectivity index (χ0n) is 20.5. The molecule has 0 saturated carbocycles. The van der Waals surface area contributed by atoms with Gasteiger partial charge in [0.2, 0.25) is 0 Å². The monoisotopic (exact) mass is 463 g/mol. The van der Waals surface area contributed by atoms with E-state index in [4.69, 9.17) is 0 Å². The Hall–Kier alpha value is -4.62. The van der Waals surface area contributed by atoms with Gasteiger partial charge in [-0.2, -0.15) is 0 Å². The summed E-state index contributed by atoms with van der Waals surface area (Å²) in [5.74, 6) is 0. The highest BCUT2D eigenvalue weighted by Crippen LogP contribution is 2.37. The molecular weight excluding hydrogens is 434 g/mol. The molecule has 0 N–H and O–H groups in total. The summed E-state index contributed by atoms with van der Waals surface area (Å²) in [7, 11) is 0. The lowest BCUT2D eigenvalue weighted by Crippen LogP contribution is -2.11. The number of rotatable bonds is 7. The van der Waals surface area contributed by atoms with Gasteiger partial charge >= 0.3 is 0 Å². The van der Waals surface area contributed by atoms with Crippen molar-refractivity contribution in [2.45, 2.75) is 6.92 Å². The number of hydrogen-bond donors (Lipinski definition) is 0. The van der Waals surface area contributed by atoms with Gasteiger partial charge in [0.25, 0.3) is 0 Å². The van der Waals surface area contributed by atoms with Gasteiger partial charge in [0.05, 0.1) is 5.69 Å². The van der Waals surface area contributed by atoms with E-state index in [0.29, 0.717) is 0 Å². The van der Waals surface area contributed by atoms with Gasteiger partial charge in [-0.05, 0) is 47.2 Å². The molecule has 0 aliphatic rings. The molecule has 0 amide bonds. The first-order valence-corrected chi connectivity index (χ1v) is 12.2. The number of nitrogens with zero attached hydrogens (tertiary/aromatic N) is 1. The van der Waals surface area contributed by atoms with Crippen LogP contribution in [-0.4, -0.2) is 0 Å². The van der Waals surface area contributed by atoms with Crippen LogP contribution < -0.4 is 4.90 Å². The van der Waals surface area contributed by atoms with Gasteiger partial charge in [0.1, 0.15) is 0 Å². The van der Waals surface area contributed by atoms with Gasteiger partial charge in [-0.25, -0.2) is 0 Å². The summed E-state index contributed by atoms with van der Waals surface area (Å²) in [6, 6.07) is 42.9. The summed E-state index contributed by atoms with van der Waals surface area (Å²) in [6.07, 6.45) is 8.19. The van der Waals surface area contributed by atoms with Crippen LogP contribution in [0.4, 0.5) is 11.4 Å². The van der Waals surface area contributed by atoms with E-state index in [9.17, 15) is 0 Å². The minimum Gasteiger partial charge on any atom is -0.316 e. The Morgan fingerprint density at radius 2 is 1.25 bits per heavy atom. The molecule has 1 nitrogen and oxygen atoms in total. The molecule has 0 spiro atoms. The first-order valence-electron chi connectivity index (χ1n) is 12.2. The topological polar surface area (TPSA) is 3.24 Å². The second-order valence-electron chi connectivity index (χ2n) is 8.79. The highest BCUT2D eigenvalue weighted by molar-refractivity contribution is 6.01. The zero-order chi connectivity index (χ0) is 24.7. The molecule has 1 heteroatoms. The number of aryl methyl sites for hydroxylation is 1. The number of benzene rings is 5. The molecule has 0 aromatic heterocycles. The van der Waals surface area contributed by atoms with Crippen LogP contribution in [0.15, 0.2) is 146 Å². The first-order chi connectivity index (χ1) is 17.7. The van der Waals surface area contributed by atoms with Crippen molar-refractivity contribution in [1.29, 1.82) is 0 Å². The second kappa shape index (κ2) is 10.8. The van der Waals surface area contributed by atoms with E-state index in [1.54, 1.807) is 0 Å². The van der Waals surface area contributed by atoms with E-state index in [1.807, 2.05) is 12.2 Å². The Morgan fingerprint density at radius 3 is 1.89 bits per heavy atom. The fourth-order valence-corrected chi connectivity index (χ4v) is 4.51. The van der Waals surface area contributed by atoms with Crippen molar-refractivity contribution in [3.05, 3.63) is 169 Å². The third-order valence-electron chi connectivity index (χ3n) is 6.34. The fraction of sp³-hybridized carbons (Fsp3) is 0.0286. The van der Waals surface area contributed by atoms with Crippen molar-refractivity contribution in [1.82, 2.24) is 0 Å². The smallest absolute Gasteiger partial charge is 0.0534 e. The largest absolute Gasteiger partial charge is 0.316 e. The van der Waals surface area contributed by atoms with Gasteiger partial charge in [-0.1, -0.05) is 133 Å². The lowest BCUT2D eigenvalue weighted by Gasteiger charge is -2.25. The molecule has 0 aliphatic carbocycles. The van der Waals surface area contributed by atoms with Gasteiger partial charge in [-0.3, -0.25) is 0 Å². The molecule has 5 aromatic rings. The van der Waals surface area contributed by atoms with Crippen LogP contribution in [0.2, 0.25) is 0 Å². The molecular formula is C35H29N. The minimum atomic E-state index is 1.12. The first kappa shape index (κ1) is 23.1. The number of anilines is 2. The third-order valence-corrected chi connectivity index (χ3v) is 6.34. The van der Waals surface area contributed by atoms with Crippen LogP contribution in [-0.2, 0) is 0 Å². The summed E-state index contributed by atoms with van der Waals surface area (Å²) in [4.78, 5) is 2.32. The van der Waals surface area contributed by atoms with E-state index in [1.165, 1.54) is 33.0 Å². The van der Waals surface area contributed by atoms with Crippen LogP contribution >= 0.6 is 0 Å². The Bertz CT molecular complexity index is 1480. The van der Waals surface area contributed by atoms with Crippen molar-refractivity contribution in [3.63, 3.8) is 0 Å². The molecule has 0 bridgehead atoms.